The molecule has 0 aliphatic carbocycles. The van der Waals surface area contributed by atoms with E-state index >= 15 is 0 Å². The molecule has 0 amide bonds. The molecule has 0 radical (unpaired) electrons. The van der Waals surface area contributed by atoms with Crippen LogP contribution in [0.1, 0.15) is 5.56 Å². The molecule has 2 rings (SSSR count). The summed E-state index contributed by atoms with van der Waals surface area (Å²) in [7, 11) is -3.67. The molecule has 1 aromatic carbocycles. The van der Waals surface area contributed by atoms with Gasteiger partial charge in [0.15, 0.2) is 0 Å². The van der Waals surface area contributed by atoms with E-state index in [0.717, 1.165) is 0 Å². The lowest BCUT2D eigenvalue weighted by Gasteiger charge is -2.08. The van der Waals surface area contributed by atoms with Crippen LogP contribution >= 0.6 is 0 Å². The summed E-state index contributed by atoms with van der Waals surface area (Å²) in [6.45, 7) is 1.70. The predicted molar refractivity (Wildman–Crippen MR) is 62.9 cm³/mol. The van der Waals surface area contributed by atoms with E-state index in [4.69, 9.17) is 5.73 Å². The molecule has 2 aromatic rings. The highest BCUT2D eigenvalue weighted by molar-refractivity contribution is 7.92. The lowest BCUT2D eigenvalue weighted by molar-refractivity contribution is 0.420. The van der Waals surface area contributed by atoms with Crippen molar-refractivity contribution in [3.8, 4) is 0 Å². The highest BCUT2D eigenvalue weighted by Gasteiger charge is 2.17. The topological polar surface area (TPSA) is 98.2 Å². The molecule has 1 aromatic heterocycles. The van der Waals surface area contributed by atoms with E-state index in [-0.39, 0.29) is 10.6 Å². The molecule has 3 N–H and O–H groups in total. The number of sulfonamides is 1. The van der Waals surface area contributed by atoms with E-state index in [2.05, 4.69) is 14.4 Å². The number of hydrogen-bond donors (Lipinski definition) is 2. The maximum absolute atomic E-state index is 12.0. The van der Waals surface area contributed by atoms with Gasteiger partial charge in [-0.15, -0.1) is 0 Å². The van der Waals surface area contributed by atoms with Gasteiger partial charge < -0.3 is 10.3 Å². The largest absolute Gasteiger partial charge is 0.399 e. The van der Waals surface area contributed by atoms with Crippen molar-refractivity contribution < 1.29 is 12.9 Å². The second-order valence-corrected chi connectivity index (χ2v) is 5.19. The number of nitrogens with one attached hydrogen (secondary N) is 1. The lowest BCUT2D eigenvalue weighted by atomic mass is 10.2. The van der Waals surface area contributed by atoms with E-state index in [1.165, 1.54) is 18.5 Å². The Kier molecular flexibility index (Phi) is 2.76. The molecule has 1 heterocycles. The first kappa shape index (κ1) is 11.5. The smallest absolute Gasteiger partial charge is 0.262 e. The summed E-state index contributed by atoms with van der Waals surface area (Å²) in [6, 6.07) is 4.70. The minimum absolute atomic E-state index is 0.138. The van der Waals surface area contributed by atoms with Crippen LogP contribution in [0.15, 0.2) is 40.1 Å². The Morgan fingerprint density at radius 1 is 1.41 bits per heavy atom. The van der Waals surface area contributed by atoms with Gasteiger partial charge in [-0.05, 0) is 24.6 Å². The summed E-state index contributed by atoms with van der Waals surface area (Å²) in [5.41, 5.74) is 6.85. The van der Waals surface area contributed by atoms with E-state index in [9.17, 15) is 8.42 Å². The third kappa shape index (κ3) is 2.39. The molecule has 0 spiro atoms. The van der Waals surface area contributed by atoms with Gasteiger partial charge in [0.25, 0.3) is 10.0 Å². The molecule has 6 nitrogen and oxygen atoms in total. The van der Waals surface area contributed by atoms with Crippen molar-refractivity contribution in [1.29, 1.82) is 0 Å². The van der Waals surface area contributed by atoms with Gasteiger partial charge in [0, 0.05) is 5.69 Å². The third-order valence-corrected chi connectivity index (χ3v) is 3.71. The maximum Gasteiger partial charge on any atom is 0.262 e. The van der Waals surface area contributed by atoms with E-state index in [1.807, 2.05) is 0 Å². The molecule has 0 atom stereocenters. The molecular formula is C10H11N3O3S. The van der Waals surface area contributed by atoms with E-state index in [0.29, 0.717) is 11.3 Å². The van der Waals surface area contributed by atoms with Crippen LogP contribution in [-0.4, -0.2) is 13.6 Å². The van der Waals surface area contributed by atoms with Crippen molar-refractivity contribution in [1.82, 2.24) is 5.16 Å². The van der Waals surface area contributed by atoms with Crippen LogP contribution in [0.2, 0.25) is 0 Å². The van der Waals surface area contributed by atoms with Crippen LogP contribution in [0.3, 0.4) is 0 Å². The van der Waals surface area contributed by atoms with Gasteiger partial charge >= 0.3 is 0 Å². The van der Waals surface area contributed by atoms with Crippen LogP contribution in [-0.2, 0) is 10.0 Å². The second kappa shape index (κ2) is 4.10. The Balaban J connectivity index is 2.41. The first-order valence-electron chi connectivity index (χ1n) is 4.77. The number of anilines is 2. The Bertz CT molecular complexity index is 620. The number of nitrogens with two attached hydrogens (primary N) is 1. The van der Waals surface area contributed by atoms with Gasteiger partial charge in [-0.3, -0.25) is 4.72 Å². The van der Waals surface area contributed by atoms with Crippen molar-refractivity contribution in [2.75, 3.05) is 10.5 Å². The normalized spacial score (nSPS) is 11.4. The molecule has 0 saturated heterocycles. The molecule has 7 heteroatoms. The minimum Gasteiger partial charge on any atom is -0.399 e. The van der Waals surface area contributed by atoms with Gasteiger partial charge in [0.1, 0.15) is 12.0 Å². The second-order valence-electron chi connectivity index (χ2n) is 3.54. The number of nitrogens with zero attached hydrogens (tertiary/aromatic N) is 1. The summed E-state index contributed by atoms with van der Waals surface area (Å²) in [6.07, 6.45) is 2.48. The number of aryl methyl sites for hydroxylation is 1. The van der Waals surface area contributed by atoms with Crippen LogP contribution in [0.4, 0.5) is 11.4 Å². The lowest BCUT2D eigenvalue weighted by Crippen LogP contribution is -2.14. The maximum atomic E-state index is 12.0. The highest BCUT2D eigenvalue weighted by Crippen LogP contribution is 2.21. The zero-order valence-corrected chi connectivity index (χ0v) is 9.86. The summed E-state index contributed by atoms with van der Waals surface area (Å²) < 4.78 is 31.0. The fraction of sp³-hybridized carbons (Fsp3) is 0.100. The molecule has 0 fully saturated rings. The van der Waals surface area contributed by atoms with E-state index < -0.39 is 10.0 Å². The first-order chi connectivity index (χ1) is 7.99. The van der Waals surface area contributed by atoms with Crippen molar-refractivity contribution >= 4 is 21.4 Å². The van der Waals surface area contributed by atoms with Crippen LogP contribution in [0, 0.1) is 6.92 Å². The van der Waals surface area contributed by atoms with Crippen molar-refractivity contribution in [2.24, 2.45) is 0 Å². The standard InChI is InChI=1S/C10H11N3O3S/c1-7-2-3-8(11)4-10(7)17(14,15)13-9-5-12-16-6-9/h2-6,13H,11H2,1H3. The number of aromatic nitrogens is 1. The van der Waals surface area contributed by atoms with Gasteiger partial charge in [-0.25, -0.2) is 8.42 Å². The van der Waals surface area contributed by atoms with Crippen molar-refractivity contribution in [3.63, 3.8) is 0 Å². The third-order valence-electron chi connectivity index (χ3n) is 2.19. The Morgan fingerprint density at radius 3 is 2.82 bits per heavy atom. The predicted octanol–water partition coefficient (Wildman–Crippen LogP) is 1.37. The fourth-order valence-corrected chi connectivity index (χ4v) is 2.68. The summed E-state index contributed by atoms with van der Waals surface area (Å²) >= 11 is 0. The van der Waals surface area contributed by atoms with Crippen LogP contribution in [0.25, 0.3) is 0 Å². The average Bonchev–Trinajstić information content (AvgIpc) is 2.73. The summed E-state index contributed by atoms with van der Waals surface area (Å²) in [5.74, 6) is 0. The van der Waals surface area contributed by atoms with Gasteiger partial charge in [0.2, 0.25) is 0 Å². The molecule has 0 aliphatic rings. The average molecular weight is 253 g/mol. The SMILES string of the molecule is Cc1ccc(N)cc1S(=O)(=O)Nc1cnoc1. The Hall–Kier alpha value is -2.02. The Morgan fingerprint density at radius 2 is 2.18 bits per heavy atom. The number of rotatable bonds is 3. The quantitative estimate of drug-likeness (QED) is 0.805. The zero-order valence-electron chi connectivity index (χ0n) is 9.04. The fourth-order valence-electron chi connectivity index (χ4n) is 1.37. The Labute approximate surface area is 98.5 Å². The molecule has 0 saturated carbocycles. The minimum atomic E-state index is -3.67. The number of benzene rings is 1. The zero-order chi connectivity index (χ0) is 12.5. The van der Waals surface area contributed by atoms with Crippen LogP contribution in [0.5, 0.6) is 0 Å². The molecule has 90 valence electrons. The molecule has 0 unspecified atom stereocenters. The molecular weight excluding hydrogens is 242 g/mol. The molecule has 0 aliphatic heterocycles. The highest BCUT2D eigenvalue weighted by atomic mass is 32.2. The van der Waals surface area contributed by atoms with Gasteiger partial charge in [0.05, 0.1) is 11.1 Å². The number of hydrogen-bond acceptors (Lipinski definition) is 5. The number of nitrogen functional groups attached to an aromatic ring is 1. The van der Waals surface area contributed by atoms with Gasteiger partial charge in [-0.2, -0.15) is 0 Å². The van der Waals surface area contributed by atoms with Crippen molar-refractivity contribution in [2.45, 2.75) is 11.8 Å². The molecule has 17 heavy (non-hydrogen) atoms. The van der Waals surface area contributed by atoms with Crippen LogP contribution < -0.4 is 10.5 Å². The van der Waals surface area contributed by atoms with Gasteiger partial charge in [-0.1, -0.05) is 11.2 Å². The monoisotopic (exact) mass is 253 g/mol. The summed E-state index contributed by atoms with van der Waals surface area (Å²) in [4.78, 5) is 0.138. The van der Waals surface area contributed by atoms with Crippen molar-refractivity contribution in [3.05, 3.63) is 36.2 Å². The molecule has 0 bridgehead atoms. The summed E-state index contributed by atoms with van der Waals surface area (Å²) in [5, 5.41) is 3.41. The van der Waals surface area contributed by atoms with E-state index in [1.54, 1.807) is 19.1 Å². The first-order valence-corrected chi connectivity index (χ1v) is 6.26.